The van der Waals surface area contributed by atoms with Crippen LogP contribution in [0.4, 0.5) is 0 Å². The van der Waals surface area contributed by atoms with E-state index in [1.54, 1.807) is 24.3 Å². The number of ketones is 2. The highest BCUT2D eigenvalue weighted by atomic mass is 17.2. The molecule has 0 unspecified atom stereocenters. The van der Waals surface area contributed by atoms with Gasteiger partial charge < -0.3 is 0 Å². The maximum atomic E-state index is 12.5. The number of Topliss-reactive ketones (excluding diaryl/α,β-unsaturated/α-hetero) is 2. The van der Waals surface area contributed by atoms with Crippen molar-refractivity contribution >= 4 is 23.5 Å². The fourth-order valence-corrected chi connectivity index (χ4v) is 2.73. The molecule has 8 heteroatoms. The Morgan fingerprint density at radius 3 is 1.31 bits per heavy atom. The van der Waals surface area contributed by atoms with Crippen LogP contribution >= 0.6 is 0 Å². The van der Waals surface area contributed by atoms with Crippen molar-refractivity contribution in [2.75, 3.05) is 14.2 Å². The summed E-state index contributed by atoms with van der Waals surface area (Å²) in [5.74, 6) is -2.18. The summed E-state index contributed by atoms with van der Waals surface area (Å²) < 4.78 is 0. The van der Waals surface area contributed by atoms with Crippen molar-refractivity contribution in [1.29, 1.82) is 0 Å². The number of carbonyl (C=O) groups excluding carboxylic acids is 4. The standard InChI is InChI=1S/C21H20O8/c1-26-28-20(24)16-10-5-3-8-14(16)18(22)12-7-13-19(23)15-9-4-6-11-17(15)21(25)29-27-2/h3-6,8-11H,7,12-13H2,1-2H3. The SMILES string of the molecule is COOC(=O)c1ccccc1C(=O)CCCC(=O)c1ccccc1C(=O)OOC. The quantitative estimate of drug-likeness (QED) is 0.340. The van der Waals surface area contributed by atoms with Gasteiger partial charge in [0.15, 0.2) is 11.6 Å². The molecule has 0 N–H and O–H groups in total. The van der Waals surface area contributed by atoms with Crippen molar-refractivity contribution in [1.82, 2.24) is 0 Å². The average molecular weight is 400 g/mol. The molecule has 0 spiro atoms. The first-order valence-corrected chi connectivity index (χ1v) is 8.74. The molecular formula is C21H20O8. The van der Waals surface area contributed by atoms with Crippen LogP contribution < -0.4 is 0 Å². The Morgan fingerprint density at radius 1 is 0.621 bits per heavy atom. The summed E-state index contributed by atoms with van der Waals surface area (Å²) in [4.78, 5) is 66.4. The highest BCUT2D eigenvalue weighted by Crippen LogP contribution is 2.17. The van der Waals surface area contributed by atoms with Gasteiger partial charge in [-0.25, -0.2) is 9.59 Å². The van der Waals surface area contributed by atoms with E-state index in [0.717, 1.165) is 0 Å². The van der Waals surface area contributed by atoms with Gasteiger partial charge in [-0.15, -0.1) is 0 Å². The van der Waals surface area contributed by atoms with Crippen LogP contribution in [0.15, 0.2) is 48.5 Å². The number of rotatable bonds is 10. The topological polar surface area (TPSA) is 105 Å². The van der Waals surface area contributed by atoms with Crippen LogP contribution in [-0.4, -0.2) is 37.7 Å². The van der Waals surface area contributed by atoms with Gasteiger partial charge in [-0.2, -0.15) is 9.78 Å². The minimum absolute atomic E-state index is 0.0354. The van der Waals surface area contributed by atoms with E-state index in [0.29, 0.717) is 0 Å². The van der Waals surface area contributed by atoms with Crippen molar-refractivity contribution < 1.29 is 38.7 Å². The van der Waals surface area contributed by atoms with E-state index in [-0.39, 0.29) is 53.1 Å². The molecule has 29 heavy (non-hydrogen) atoms. The predicted molar refractivity (Wildman–Crippen MR) is 100 cm³/mol. The van der Waals surface area contributed by atoms with E-state index >= 15 is 0 Å². The van der Waals surface area contributed by atoms with E-state index < -0.39 is 11.9 Å². The zero-order chi connectivity index (χ0) is 21.2. The molecule has 8 nitrogen and oxygen atoms in total. The lowest BCUT2D eigenvalue weighted by molar-refractivity contribution is -0.216. The Bertz CT molecular complexity index is 830. The fourth-order valence-electron chi connectivity index (χ4n) is 2.73. The molecule has 2 aromatic rings. The lowest BCUT2D eigenvalue weighted by Crippen LogP contribution is -2.13. The van der Waals surface area contributed by atoms with Crippen LogP contribution in [0.5, 0.6) is 0 Å². The fraction of sp³-hybridized carbons (Fsp3) is 0.238. The number of carbonyl (C=O) groups is 4. The van der Waals surface area contributed by atoms with Gasteiger partial charge in [0.25, 0.3) is 0 Å². The molecule has 2 aromatic carbocycles. The van der Waals surface area contributed by atoms with Crippen molar-refractivity contribution in [3.8, 4) is 0 Å². The molecule has 0 fully saturated rings. The van der Waals surface area contributed by atoms with Gasteiger partial charge in [-0.1, -0.05) is 36.4 Å². The van der Waals surface area contributed by atoms with Crippen LogP contribution in [0.3, 0.4) is 0 Å². The molecule has 0 aliphatic heterocycles. The molecular weight excluding hydrogens is 380 g/mol. The molecule has 0 heterocycles. The lowest BCUT2D eigenvalue weighted by atomic mass is 9.96. The third kappa shape index (κ3) is 5.81. The second-order valence-corrected chi connectivity index (χ2v) is 5.87. The van der Waals surface area contributed by atoms with E-state index in [2.05, 4.69) is 19.6 Å². The van der Waals surface area contributed by atoms with Crippen LogP contribution in [0, 0.1) is 0 Å². The zero-order valence-electron chi connectivity index (χ0n) is 16.0. The van der Waals surface area contributed by atoms with E-state index in [4.69, 9.17) is 0 Å². The molecule has 0 aromatic heterocycles. The van der Waals surface area contributed by atoms with E-state index in [1.165, 1.54) is 38.5 Å². The van der Waals surface area contributed by atoms with Gasteiger partial charge in [0.2, 0.25) is 0 Å². The first-order chi connectivity index (χ1) is 14.0. The summed E-state index contributed by atoms with van der Waals surface area (Å²) in [6.07, 6.45) is 0.306. The Labute approximate surface area is 167 Å². The van der Waals surface area contributed by atoms with Crippen LogP contribution in [0.25, 0.3) is 0 Å². The highest BCUT2D eigenvalue weighted by molar-refractivity contribution is 6.07. The summed E-state index contributed by atoms with van der Waals surface area (Å²) in [5.41, 5.74) is 0.536. The first kappa shape index (κ1) is 21.9. The first-order valence-electron chi connectivity index (χ1n) is 8.74. The molecule has 0 atom stereocenters. The molecule has 0 bridgehead atoms. The van der Waals surface area contributed by atoms with Gasteiger partial charge in [0.1, 0.15) is 0 Å². The molecule has 0 amide bonds. The minimum Gasteiger partial charge on any atom is -0.294 e. The van der Waals surface area contributed by atoms with E-state index in [1.807, 2.05) is 0 Å². The van der Waals surface area contributed by atoms with Crippen molar-refractivity contribution in [2.45, 2.75) is 19.3 Å². The summed E-state index contributed by atoms with van der Waals surface area (Å²) in [6.45, 7) is 0. The molecule has 2 rings (SSSR count). The smallest absolute Gasteiger partial charge is 0.294 e. The van der Waals surface area contributed by atoms with Gasteiger partial charge >= 0.3 is 11.9 Å². The van der Waals surface area contributed by atoms with Crippen molar-refractivity contribution in [2.24, 2.45) is 0 Å². The molecule has 0 saturated carbocycles. The highest BCUT2D eigenvalue weighted by Gasteiger charge is 2.20. The third-order valence-electron chi connectivity index (χ3n) is 4.02. The number of benzene rings is 2. The Hall–Kier alpha value is -3.36. The Kier molecular flexibility index (Phi) is 8.20. The second kappa shape index (κ2) is 10.8. The number of hydrogen-bond acceptors (Lipinski definition) is 8. The molecule has 0 aliphatic rings. The zero-order valence-corrected chi connectivity index (χ0v) is 16.0. The van der Waals surface area contributed by atoms with Crippen molar-refractivity contribution in [3.05, 3.63) is 70.8 Å². The predicted octanol–water partition coefficient (Wildman–Crippen LogP) is 3.36. The minimum atomic E-state index is -0.780. The maximum absolute atomic E-state index is 12.5. The third-order valence-corrected chi connectivity index (χ3v) is 4.02. The summed E-state index contributed by atoms with van der Waals surface area (Å²) >= 11 is 0. The average Bonchev–Trinajstić information content (AvgIpc) is 2.74. The largest absolute Gasteiger partial charge is 0.373 e. The maximum Gasteiger partial charge on any atom is 0.373 e. The van der Waals surface area contributed by atoms with Crippen molar-refractivity contribution in [3.63, 3.8) is 0 Å². The van der Waals surface area contributed by atoms with Crippen LogP contribution in [-0.2, 0) is 19.6 Å². The summed E-state index contributed by atoms with van der Waals surface area (Å²) in [7, 11) is 2.38. The van der Waals surface area contributed by atoms with Gasteiger partial charge in [0, 0.05) is 24.0 Å². The molecule has 0 radical (unpaired) electrons. The Balaban J connectivity index is 2.03. The second-order valence-electron chi connectivity index (χ2n) is 5.87. The van der Waals surface area contributed by atoms with E-state index in [9.17, 15) is 19.2 Å². The normalized spacial score (nSPS) is 10.3. The summed E-state index contributed by atoms with van der Waals surface area (Å²) in [6, 6.07) is 12.4. The van der Waals surface area contributed by atoms with Crippen LogP contribution in [0.2, 0.25) is 0 Å². The van der Waals surface area contributed by atoms with Gasteiger partial charge in [-0.3, -0.25) is 19.4 Å². The number of hydrogen-bond donors (Lipinski definition) is 0. The molecule has 0 aliphatic carbocycles. The van der Waals surface area contributed by atoms with Crippen LogP contribution in [0.1, 0.15) is 60.7 Å². The monoisotopic (exact) mass is 400 g/mol. The molecule has 0 saturated heterocycles. The molecule has 152 valence electrons. The summed E-state index contributed by atoms with van der Waals surface area (Å²) in [5, 5.41) is 0. The lowest BCUT2D eigenvalue weighted by Gasteiger charge is -2.08. The van der Waals surface area contributed by atoms with Gasteiger partial charge in [0.05, 0.1) is 25.3 Å². The Morgan fingerprint density at radius 2 is 0.966 bits per heavy atom. The van der Waals surface area contributed by atoms with Gasteiger partial charge in [-0.05, 0) is 18.6 Å².